The van der Waals surface area contributed by atoms with Gasteiger partial charge in [-0.1, -0.05) is 182 Å². The van der Waals surface area contributed by atoms with Crippen molar-refractivity contribution in [1.82, 2.24) is 0 Å². The lowest BCUT2D eigenvalue weighted by molar-refractivity contribution is 0.670. The zero-order valence-corrected chi connectivity index (χ0v) is 34.4. The van der Waals surface area contributed by atoms with Gasteiger partial charge in [-0.3, -0.25) is 0 Å². The summed E-state index contributed by atoms with van der Waals surface area (Å²) in [6, 6.07) is 82.2. The number of rotatable bonds is 5. The molecule has 2 nitrogen and oxygen atoms in total. The molecule has 0 amide bonds. The second kappa shape index (κ2) is 13.7. The first-order chi connectivity index (χ1) is 30.7. The molecule has 0 N–H and O–H groups in total. The van der Waals surface area contributed by atoms with E-state index in [0.29, 0.717) is 0 Å². The average molecular weight is 808 g/mol. The van der Waals surface area contributed by atoms with Crippen molar-refractivity contribution in [3.8, 4) is 33.4 Å². The number of furan rings is 1. The Labute approximate surface area is 364 Å². The number of hydrogen-bond donors (Lipinski definition) is 0. The van der Waals surface area contributed by atoms with Crippen molar-refractivity contribution in [1.29, 1.82) is 0 Å². The summed E-state index contributed by atoms with van der Waals surface area (Å²) in [6.07, 6.45) is 0. The van der Waals surface area contributed by atoms with Gasteiger partial charge in [-0.2, -0.15) is 0 Å². The van der Waals surface area contributed by atoms with Crippen LogP contribution in [0.3, 0.4) is 0 Å². The molecule has 1 spiro atoms. The van der Waals surface area contributed by atoms with Crippen LogP contribution in [0.4, 0.5) is 17.1 Å². The highest BCUT2D eigenvalue weighted by atomic mass is 32.2. The lowest BCUT2D eigenvalue weighted by atomic mass is 9.67. The van der Waals surface area contributed by atoms with Gasteiger partial charge in [0.1, 0.15) is 11.2 Å². The molecule has 2 heterocycles. The van der Waals surface area contributed by atoms with E-state index in [1.807, 2.05) is 11.8 Å². The molecule has 13 rings (SSSR count). The average Bonchev–Trinajstić information content (AvgIpc) is 3.87. The molecule has 0 saturated heterocycles. The van der Waals surface area contributed by atoms with Crippen molar-refractivity contribution < 1.29 is 4.42 Å². The Morgan fingerprint density at radius 2 is 1.00 bits per heavy atom. The third kappa shape index (κ3) is 5.12. The van der Waals surface area contributed by atoms with Crippen LogP contribution in [-0.2, 0) is 5.41 Å². The van der Waals surface area contributed by atoms with Gasteiger partial charge in [0.15, 0.2) is 0 Å². The van der Waals surface area contributed by atoms with E-state index in [1.54, 1.807) is 0 Å². The Balaban J connectivity index is 1.06. The van der Waals surface area contributed by atoms with Gasteiger partial charge in [-0.25, -0.2) is 0 Å². The van der Waals surface area contributed by atoms with Crippen molar-refractivity contribution in [3.05, 3.63) is 247 Å². The number of nitrogens with zero attached hydrogens (tertiary/aromatic N) is 1. The van der Waals surface area contributed by atoms with Gasteiger partial charge in [0.05, 0.1) is 16.5 Å². The molecule has 10 aromatic carbocycles. The van der Waals surface area contributed by atoms with Crippen LogP contribution in [-0.4, -0.2) is 0 Å². The Bertz CT molecular complexity index is 3520. The van der Waals surface area contributed by atoms with E-state index in [4.69, 9.17) is 4.42 Å². The topological polar surface area (TPSA) is 16.4 Å². The highest BCUT2D eigenvalue weighted by Crippen LogP contribution is 2.62. The number of benzene rings is 10. The monoisotopic (exact) mass is 807 g/mol. The molecule has 1 aliphatic heterocycles. The smallest absolute Gasteiger partial charge is 0.145 e. The van der Waals surface area contributed by atoms with E-state index in [-0.39, 0.29) is 0 Å². The van der Waals surface area contributed by atoms with E-state index >= 15 is 0 Å². The molecular formula is C59H37NOS. The minimum atomic E-state index is -0.444. The lowest BCUT2D eigenvalue weighted by Gasteiger charge is -2.40. The summed E-state index contributed by atoms with van der Waals surface area (Å²) in [7, 11) is 0. The van der Waals surface area contributed by atoms with Crippen LogP contribution in [0.1, 0.15) is 22.3 Å². The summed E-state index contributed by atoms with van der Waals surface area (Å²) < 4.78 is 6.92. The maximum absolute atomic E-state index is 6.92. The van der Waals surface area contributed by atoms with E-state index in [1.165, 1.54) is 65.1 Å². The first-order valence-corrected chi connectivity index (χ1v) is 22.1. The molecule has 290 valence electrons. The highest BCUT2D eigenvalue weighted by Gasteiger charge is 2.50. The number of anilines is 3. The first-order valence-electron chi connectivity index (χ1n) is 21.2. The molecular weight excluding hydrogens is 771 g/mol. The number of hydrogen-bond acceptors (Lipinski definition) is 3. The van der Waals surface area contributed by atoms with Crippen molar-refractivity contribution >= 4 is 61.5 Å². The summed E-state index contributed by atoms with van der Waals surface area (Å²) >= 11 is 1.88. The maximum Gasteiger partial charge on any atom is 0.145 e. The van der Waals surface area contributed by atoms with Crippen molar-refractivity contribution in [2.75, 3.05) is 4.90 Å². The molecule has 0 radical (unpaired) electrons. The fourth-order valence-electron chi connectivity index (χ4n) is 10.4. The molecule has 0 bridgehead atoms. The quantitative estimate of drug-likeness (QED) is 0.172. The molecule has 2 aliphatic rings. The third-order valence-corrected chi connectivity index (χ3v) is 14.3. The van der Waals surface area contributed by atoms with Gasteiger partial charge in [0.25, 0.3) is 0 Å². The van der Waals surface area contributed by atoms with E-state index in [0.717, 1.165) is 50.1 Å². The zero-order valence-electron chi connectivity index (χ0n) is 33.6. The number of para-hydroxylation sites is 1. The summed E-state index contributed by atoms with van der Waals surface area (Å²) in [5.74, 6) is 0. The van der Waals surface area contributed by atoms with Gasteiger partial charge in [0.2, 0.25) is 0 Å². The van der Waals surface area contributed by atoms with Gasteiger partial charge >= 0.3 is 0 Å². The minimum Gasteiger partial charge on any atom is -0.455 e. The van der Waals surface area contributed by atoms with Gasteiger partial charge in [0, 0.05) is 32.1 Å². The van der Waals surface area contributed by atoms with Gasteiger partial charge < -0.3 is 9.32 Å². The van der Waals surface area contributed by atoms with E-state index < -0.39 is 5.41 Å². The summed E-state index contributed by atoms with van der Waals surface area (Å²) in [6.45, 7) is 0. The van der Waals surface area contributed by atoms with Crippen LogP contribution in [0, 0.1) is 0 Å². The predicted molar refractivity (Wildman–Crippen MR) is 258 cm³/mol. The standard InChI is InChI=1S/C59H37NOS/c1-2-14-38(15-3-1)40-28-30-43(31-29-40)60(53-35-33-45(42-27-26-39-16-4-5-17-41(39)36-42)58-57(53)48-20-8-12-24-54(48)61-58)44-32-34-52-56(37-44)62-55-25-13-11-23-51(55)59(52)49-21-9-6-18-46(49)47-19-7-10-22-50(47)59/h1-37H. The normalized spacial score (nSPS) is 13.2. The molecule has 0 unspecified atom stereocenters. The second-order valence-electron chi connectivity index (χ2n) is 16.4. The largest absolute Gasteiger partial charge is 0.455 e. The molecule has 3 heteroatoms. The Morgan fingerprint density at radius 3 is 1.81 bits per heavy atom. The molecule has 0 saturated carbocycles. The third-order valence-electron chi connectivity index (χ3n) is 13.1. The lowest BCUT2D eigenvalue weighted by Crippen LogP contribution is -2.32. The molecule has 0 atom stereocenters. The van der Waals surface area contributed by atoms with Crippen molar-refractivity contribution in [3.63, 3.8) is 0 Å². The fraction of sp³-hybridized carbons (Fsp3) is 0.0169. The zero-order chi connectivity index (χ0) is 40.8. The van der Waals surface area contributed by atoms with Crippen LogP contribution < -0.4 is 4.90 Å². The minimum absolute atomic E-state index is 0.444. The molecule has 62 heavy (non-hydrogen) atoms. The molecule has 1 aromatic heterocycles. The van der Waals surface area contributed by atoms with E-state index in [9.17, 15) is 0 Å². The van der Waals surface area contributed by atoms with Crippen LogP contribution >= 0.6 is 11.8 Å². The number of fused-ring (bicyclic) bond motifs is 13. The first kappa shape index (κ1) is 35.2. The van der Waals surface area contributed by atoms with Crippen LogP contribution in [0.25, 0.3) is 66.1 Å². The second-order valence-corrected chi connectivity index (χ2v) is 17.4. The maximum atomic E-state index is 6.92. The SMILES string of the molecule is c1ccc(-c2ccc(N(c3ccc4c(c3)Sc3ccccc3C43c4ccccc4-c4ccccc43)c3ccc(-c4ccc5ccccc5c4)c4oc5ccccc5c34)cc2)cc1. The molecule has 0 fully saturated rings. The Hall–Kier alpha value is -7.59. The van der Waals surface area contributed by atoms with Gasteiger partial charge in [-0.05, 0) is 115 Å². The fourth-order valence-corrected chi connectivity index (χ4v) is 11.7. The van der Waals surface area contributed by atoms with Crippen LogP contribution in [0.2, 0.25) is 0 Å². The van der Waals surface area contributed by atoms with Crippen molar-refractivity contribution in [2.45, 2.75) is 15.2 Å². The summed E-state index contributed by atoms with van der Waals surface area (Å²) in [5.41, 5.74) is 17.0. The summed E-state index contributed by atoms with van der Waals surface area (Å²) in [5, 5.41) is 4.60. The van der Waals surface area contributed by atoms with E-state index in [2.05, 4.69) is 229 Å². The van der Waals surface area contributed by atoms with Crippen LogP contribution in [0.5, 0.6) is 0 Å². The molecule has 11 aromatic rings. The highest BCUT2D eigenvalue weighted by molar-refractivity contribution is 7.99. The Morgan fingerprint density at radius 1 is 0.387 bits per heavy atom. The summed E-state index contributed by atoms with van der Waals surface area (Å²) in [4.78, 5) is 4.97. The van der Waals surface area contributed by atoms with Gasteiger partial charge in [-0.15, -0.1) is 0 Å². The van der Waals surface area contributed by atoms with Crippen LogP contribution in [0.15, 0.2) is 239 Å². The Kier molecular flexibility index (Phi) is 7.79. The predicted octanol–water partition coefficient (Wildman–Crippen LogP) is 16.4. The molecule has 1 aliphatic carbocycles. The van der Waals surface area contributed by atoms with Crippen molar-refractivity contribution in [2.24, 2.45) is 0 Å².